The smallest absolute Gasteiger partial charge is 0.327 e. The number of ether oxygens (including phenoxy) is 1. The zero-order chi connectivity index (χ0) is 22.2. The van der Waals surface area contributed by atoms with Crippen LogP contribution in [-0.2, 0) is 6.54 Å². The quantitative estimate of drug-likeness (QED) is 0.495. The third-order valence-corrected chi connectivity index (χ3v) is 6.23. The summed E-state index contributed by atoms with van der Waals surface area (Å²) < 4.78 is 7.29. The van der Waals surface area contributed by atoms with Gasteiger partial charge in [-0.3, -0.25) is 4.57 Å². The molecular weight excluding hydrogens is 392 g/mol. The topological polar surface area (TPSA) is 102 Å². The molecule has 174 valence electrons. The van der Waals surface area contributed by atoms with E-state index in [0.717, 1.165) is 37.5 Å². The molecule has 3 N–H and O–H groups in total. The molecule has 0 spiro atoms. The first-order chi connectivity index (χ1) is 15.0. The Morgan fingerprint density at radius 2 is 2.06 bits per heavy atom. The van der Waals surface area contributed by atoms with Crippen LogP contribution in [0.3, 0.4) is 0 Å². The molecule has 1 aliphatic rings. The highest BCUT2D eigenvalue weighted by molar-refractivity contribution is 5.81. The molecule has 0 aromatic carbocycles. The minimum atomic E-state index is -0.181. The van der Waals surface area contributed by atoms with E-state index < -0.39 is 0 Å². The molecular formula is C23H40N6O2. The zero-order valence-corrected chi connectivity index (χ0v) is 19.5. The standard InChI is InChI=1S/C23H40N6O2/c1-4-5-15-31-22-26-20(24)19-21(27-22)29(23(30)25-19)13-7-6-9-18-10-8-12-28(16-18)14-11-17(2)3/h17-18H,4-16H2,1-3H3,(H,25,30)(H2,24,26,27). The number of nitrogens with one attached hydrogen (secondary N) is 1. The van der Waals surface area contributed by atoms with Crippen LogP contribution in [0.2, 0.25) is 0 Å². The summed E-state index contributed by atoms with van der Waals surface area (Å²) in [4.78, 5) is 26.5. The van der Waals surface area contributed by atoms with Crippen molar-refractivity contribution >= 4 is 17.0 Å². The number of nitrogens with zero attached hydrogens (tertiary/aromatic N) is 4. The van der Waals surface area contributed by atoms with Crippen molar-refractivity contribution < 1.29 is 4.74 Å². The molecule has 0 radical (unpaired) electrons. The van der Waals surface area contributed by atoms with Gasteiger partial charge in [-0.05, 0) is 63.5 Å². The van der Waals surface area contributed by atoms with E-state index in [9.17, 15) is 4.79 Å². The lowest BCUT2D eigenvalue weighted by Gasteiger charge is -2.33. The van der Waals surface area contributed by atoms with Crippen LogP contribution in [0.4, 0.5) is 5.82 Å². The van der Waals surface area contributed by atoms with Gasteiger partial charge >= 0.3 is 11.7 Å². The Hall–Kier alpha value is -2.09. The first-order valence-corrected chi connectivity index (χ1v) is 12.1. The molecule has 3 rings (SSSR count). The molecule has 1 fully saturated rings. The van der Waals surface area contributed by atoms with Crippen molar-refractivity contribution in [2.45, 2.75) is 78.7 Å². The molecule has 1 atom stereocenters. The van der Waals surface area contributed by atoms with Crippen LogP contribution in [0, 0.1) is 11.8 Å². The third-order valence-electron chi connectivity index (χ3n) is 6.23. The number of aryl methyl sites for hydroxylation is 1. The molecule has 8 heteroatoms. The summed E-state index contributed by atoms with van der Waals surface area (Å²) in [5, 5.41) is 0. The van der Waals surface area contributed by atoms with Crippen molar-refractivity contribution in [2.24, 2.45) is 11.8 Å². The first-order valence-electron chi connectivity index (χ1n) is 12.1. The van der Waals surface area contributed by atoms with Gasteiger partial charge in [0, 0.05) is 13.1 Å². The Morgan fingerprint density at radius 1 is 1.23 bits per heavy atom. The van der Waals surface area contributed by atoms with Crippen molar-refractivity contribution in [1.82, 2.24) is 24.4 Å². The van der Waals surface area contributed by atoms with Gasteiger partial charge in [-0.15, -0.1) is 0 Å². The third kappa shape index (κ3) is 6.69. The fourth-order valence-electron chi connectivity index (χ4n) is 4.34. The molecule has 1 aliphatic heterocycles. The van der Waals surface area contributed by atoms with Crippen LogP contribution >= 0.6 is 0 Å². The average molecular weight is 433 g/mol. The predicted molar refractivity (Wildman–Crippen MR) is 125 cm³/mol. The maximum atomic E-state index is 12.5. The zero-order valence-electron chi connectivity index (χ0n) is 19.5. The highest BCUT2D eigenvalue weighted by Crippen LogP contribution is 2.23. The summed E-state index contributed by atoms with van der Waals surface area (Å²) in [5.41, 5.74) is 6.90. The number of fused-ring (bicyclic) bond motifs is 1. The number of hydrogen-bond donors (Lipinski definition) is 2. The van der Waals surface area contributed by atoms with E-state index in [-0.39, 0.29) is 17.5 Å². The van der Waals surface area contributed by atoms with Gasteiger partial charge in [-0.25, -0.2) is 4.79 Å². The van der Waals surface area contributed by atoms with E-state index in [4.69, 9.17) is 10.5 Å². The largest absolute Gasteiger partial charge is 0.463 e. The maximum absolute atomic E-state index is 12.5. The van der Waals surface area contributed by atoms with Crippen molar-refractivity contribution in [3.05, 3.63) is 10.5 Å². The van der Waals surface area contributed by atoms with Crippen LogP contribution in [0.25, 0.3) is 11.2 Å². The second kappa shape index (κ2) is 11.5. The number of hydrogen-bond acceptors (Lipinski definition) is 6. The number of likely N-dealkylation sites (tertiary alicyclic amines) is 1. The van der Waals surface area contributed by atoms with Crippen LogP contribution in [0.15, 0.2) is 4.79 Å². The number of aromatic amines is 1. The summed E-state index contributed by atoms with van der Waals surface area (Å²) in [7, 11) is 0. The average Bonchev–Trinajstić information content (AvgIpc) is 3.06. The van der Waals surface area contributed by atoms with E-state index in [1.807, 2.05) is 0 Å². The number of anilines is 1. The molecule has 0 aliphatic carbocycles. The minimum absolute atomic E-state index is 0.181. The summed E-state index contributed by atoms with van der Waals surface area (Å²) in [6.07, 6.45) is 9.16. The molecule has 0 bridgehead atoms. The number of H-pyrrole nitrogens is 1. The lowest BCUT2D eigenvalue weighted by molar-refractivity contribution is 0.159. The second-order valence-electron chi connectivity index (χ2n) is 9.36. The fraction of sp³-hybridized carbons (Fsp3) is 0.783. The monoisotopic (exact) mass is 432 g/mol. The molecule has 31 heavy (non-hydrogen) atoms. The molecule has 2 aromatic rings. The molecule has 0 amide bonds. The Morgan fingerprint density at radius 3 is 2.84 bits per heavy atom. The van der Waals surface area contributed by atoms with E-state index in [2.05, 4.69) is 40.6 Å². The van der Waals surface area contributed by atoms with Crippen molar-refractivity contribution in [2.75, 3.05) is 32.0 Å². The Labute approximate surface area is 185 Å². The predicted octanol–water partition coefficient (Wildman–Crippen LogP) is 3.81. The van der Waals surface area contributed by atoms with Gasteiger partial charge in [0.15, 0.2) is 11.5 Å². The summed E-state index contributed by atoms with van der Waals surface area (Å²) in [6.45, 7) is 11.6. The first kappa shape index (κ1) is 23.6. The molecule has 1 saturated heterocycles. The van der Waals surface area contributed by atoms with Gasteiger partial charge in [0.2, 0.25) is 0 Å². The van der Waals surface area contributed by atoms with Gasteiger partial charge < -0.3 is 20.4 Å². The number of unbranched alkanes of at least 4 members (excludes halogenated alkanes) is 2. The number of aromatic nitrogens is 4. The van der Waals surface area contributed by atoms with Gasteiger partial charge in [0.05, 0.1) is 6.61 Å². The summed E-state index contributed by atoms with van der Waals surface area (Å²) in [6, 6.07) is 0.245. The van der Waals surface area contributed by atoms with E-state index >= 15 is 0 Å². The minimum Gasteiger partial charge on any atom is -0.463 e. The maximum Gasteiger partial charge on any atom is 0.327 e. The van der Waals surface area contributed by atoms with Crippen molar-refractivity contribution in [1.29, 1.82) is 0 Å². The van der Waals surface area contributed by atoms with E-state index in [1.54, 1.807) is 4.57 Å². The Kier molecular flexibility index (Phi) is 8.75. The molecule has 8 nitrogen and oxygen atoms in total. The highest BCUT2D eigenvalue weighted by Gasteiger charge is 2.20. The molecule has 0 saturated carbocycles. The SMILES string of the molecule is CCCCOc1nc(N)c2[nH]c(=O)n(CCCCC3CCCN(CCC(C)C)C3)c2n1. The summed E-state index contributed by atoms with van der Waals surface area (Å²) in [5.74, 6) is 1.80. The Balaban J connectivity index is 1.53. The number of rotatable bonds is 12. The molecule has 2 aromatic heterocycles. The lowest BCUT2D eigenvalue weighted by Crippen LogP contribution is -2.36. The highest BCUT2D eigenvalue weighted by atomic mass is 16.5. The number of nitrogen functional groups attached to an aromatic ring is 1. The second-order valence-corrected chi connectivity index (χ2v) is 9.36. The Bertz CT molecular complexity index is 875. The van der Waals surface area contributed by atoms with Crippen LogP contribution in [0.1, 0.15) is 72.1 Å². The number of imidazole rings is 1. The van der Waals surface area contributed by atoms with Gasteiger partial charge in [0.25, 0.3) is 0 Å². The summed E-state index contributed by atoms with van der Waals surface area (Å²) >= 11 is 0. The number of piperidine rings is 1. The van der Waals surface area contributed by atoms with Crippen LogP contribution in [0.5, 0.6) is 6.01 Å². The fourth-order valence-corrected chi connectivity index (χ4v) is 4.34. The van der Waals surface area contributed by atoms with E-state index in [0.29, 0.717) is 24.3 Å². The van der Waals surface area contributed by atoms with Crippen LogP contribution < -0.4 is 16.2 Å². The van der Waals surface area contributed by atoms with E-state index in [1.165, 1.54) is 45.3 Å². The lowest BCUT2D eigenvalue weighted by atomic mass is 9.92. The van der Waals surface area contributed by atoms with Crippen molar-refractivity contribution in [3.63, 3.8) is 0 Å². The van der Waals surface area contributed by atoms with Gasteiger partial charge in [-0.1, -0.05) is 33.6 Å². The van der Waals surface area contributed by atoms with Gasteiger partial charge in [-0.2, -0.15) is 9.97 Å². The van der Waals surface area contributed by atoms with Crippen LogP contribution in [-0.4, -0.2) is 50.7 Å². The normalized spacial score (nSPS) is 17.6. The van der Waals surface area contributed by atoms with Crippen molar-refractivity contribution in [3.8, 4) is 6.01 Å². The molecule has 3 heterocycles. The van der Waals surface area contributed by atoms with Gasteiger partial charge in [0.1, 0.15) is 5.52 Å². The number of nitrogens with two attached hydrogens (primary N) is 1. The molecule has 1 unspecified atom stereocenters.